The molecule has 0 spiro atoms. The summed E-state index contributed by atoms with van der Waals surface area (Å²) in [7, 11) is 0. The third-order valence-electron chi connectivity index (χ3n) is 4.40. The number of hydrogen-bond donors (Lipinski definition) is 2. The first kappa shape index (κ1) is 22.4. The van der Waals surface area contributed by atoms with E-state index >= 15 is 0 Å². The van der Waals surface area contributed by atoms with E-state index in [9.17, 15) is 13.2 Å². The maximum absolute atomic E-state index is 13.5. The summed E-state index contributed by atoms with van der Waals surface area (Å²) < 4.78 is 46.2. The zero-order valence-electron chi connectivity index (χ0n) is 17.8. The number of alkyl halides is 3. The van der Waals surface area contributed by atoms with Crippen molar-refractivity contribution in [3.05, 3.63) is 65.9 Å². The molecule has 0 saturated heterocycles. The minimum atomic E-state index is -4.61. The molecule has 2 N–H and O–H groups in total. The summed E-state index contributed by atoms with van der Waals surface area (Å²) in [6.07, 6.45) is -3.89. The lowest BCUT2D eigenvalue weighted by molar-refractivity contribution is -0.137. The van der Waals surface area contributed by atoms with E-state index in [1.165, 1.54) is 0 Å². The molecule has 164 valence electrons. The van der Waals surface area contributed by atoms with Gasteiger partial charge in [0.05, 0.1) is 6.10 Å². The van der Waals surface area contributed by atoms with Gasteiger partial charge in [0, 0.05) is 23.6 Å². The SMILES string of the molecule is CC(C)Oc1cccc(Nc2nc(Nc3ccc(C(C)C)cc3)ncc2C(F)(F)F)c1. The topological polar surface area (TPSA) is 59.1 Å². The first-order valence-corrected chi connectivity index (χ1v) is 9.97. The van der Waals surface area contributed by atoms with Gasteiger partial charge in [-0.05, 0) is 49.6 Å². The molecule has 1 aromatic heterocycles. The molecular formula is C23H25F3N4O. The smallest absolute Gasteiger partial charge is 0.421 e. The number of ether oxygens (including phenoxy) is 1. The molecule has 5 nitrogen and oxygen atoms in total. The fourth-order valence-electron chi connectivity index (χ4n) is 2.88. The molecule has 0 amide bonds. The van der Waals surface area contributed by atoms with Crippen LogP contribution in [-0.2, 0) is 6.18 Å². The van der Waals surface area contributed by atoms with Crippen LogP contribution in [-0.4, -0.2) is 16.1 Å². The number of hydrogen-bond acceptors (Lipinski definition) is 5. The Balaban J connectivity index is 1.89. The van der Waals surface area contributed by atoms with Gasteiger partial charge in [0.15, 0.2) is 0 Å². The molecule has 0 fully saturated rings. The van der Waals surface area contributed by atoms with Gasteiger partial charge in [-0.1, -0.05) is 32.0 Å². The fraction of sp³-hybridized carbons (Fsp3) is 0.304. The van der Waals surface area contributed by atoms with Crippen molar-refractivity contribution in [1.82, 2.24) is 9.97 Å². The van der Waals surface area contributed by atoms with Crippen molar-refractivity contribution in [2.24, 2.45) is 0 Å². The molecule has 0 aliphatic heterocycles. The van der Waals surface area contributed by atoms with E-state index in [0.29, 0.717) is 23.0 Å². The Hall–Kier alpha value is -3.29. The first-order valence-electron chi connectivity index (χ1n) is 9.97. The summed E-state index contributed by atoms with van der Waals surface area (Å²) >= 11 is 0. The van der Waals surface area contributed by atoms with Crippen molar-refractivity contribution in [2.75, 3.05) is 10.6 Å². The predicted molar refractivity (Wildman–Crippen MR) is 116 cm³/mol. The van der Waals surface area contributed by atoms with Crippen LogP contribution in [0.2, 0.25) is 0 Å². The molecule has 8 heteroatoms. The minimum Gasteiger partial charge on any atom is -0.491 e. The summed E-state index contributed by atoms with van der Waals surface area (Å²) in [4.78, 5) is 7.93. The van der Waals surface area contributed by atoms with E-state index in [2.05, 4.69) is 34.4 Å². The Morgan fingerprint density at radius 2 is 1.61 bits per heavy atom. The lowest BCUT2D eigenvalue weighted by Gasteiger charge is -2.16. The Morgan fingerprint density at radius 3 is 2.23 bits per heavy atom. The number of anilines is 4. The lowest BCUT2D eigenvalue weighted by atomic mass is 10.0. The highest BCUT2D eigenvalue weighted by molar-refractivity contribution is 5.64. The van der Waals surface area contributed by atoms with Crippen LogP contribution in [0.3, 0.4) is 0 Å². The molecule has 0 saturated carbocycles. The number of nitrogens with one attached hydrogen (secondary N) is 2. The van der Waals surface area contributed by atoms with Gasteiger partial charge in [-0.15, -0.1) is 0 Å². The van der Waals surface area contributed by atoms with Crippen molar-refractivity contribution in [1.29, 1.82) is 0 Å². The Morgan fingerprint density at radius 1 is 0.903 bits per heavy atom. The van der Waals surface area contributed by atoms with E-state index in [0.717, 1.165) is 11.8 Å². The molecule has 0 bridgehead atoms. The summed E-state index contributed by atoms with van der Waals surface area (Å²) in [6, 6.07) is 14.3. The number of aromatic nitrogens is 2. The van der Waals surface area contributed by atoms with Gasteiger partial charge in [0.2, 0.25) is 5.95 Å². The minimum absolute atomic E-state index is 0.0575. The van der Waals surface area contributed by atoms with Crippen LogP contribution in [0.25, 0.3) is 0 Å². The van der Waals surface area contributed by atoms with Crippen LogP contribution in [0.5, 0.6) is 5.75 Å². The zero-order chi connectivity index (χ0) is 22.6. The van der Waals surface area contributed by atoms with E-state index < -0.39 is 11.7 Å². The highest BCUT2D eigenvalue weighted by Crippen LogP contribution is 2.35. The summed E-state index contributed by atoms with van der Waals surface area (Å²) in [5.74, 6) is 0.640. The average molecular weight is 430 g/mol. The number of rotatable bonds is 7. The molecule has 1 heterocycles. The quantitative estimate of drug-likeness (QED) is 0.427. The van der Waals surface area contributed by atoms with Crippen LogP contribution < -0.4 is 15.4 Å². The third-order valence-corrected chi connectivity index (χ3v) is 4.40. The average Bonchev–Trinajstić information content (AvgIpc) is 2.67. The second kappa shape index (κ2) is 9.24. The maximum atomic E-state index is 13.5. The van der Waals surface area contributed by atoms with Crippen molar-refractivity contribution in [3.63, 3.8) is 0 Å². The van der Waals surface area contributed by atoms with Crippen LogP contribution in [0.1, 0.15) is 44.7 Å². The van der Waals surface area contributed by atoms with Crippen LogP contribution in [0.4, 0.5) is 36.3 Å². The standard InChI is InChI=1S/C23H25F3N4O/c1-14(2)16-8-10-17(11-9-16)29-22-27-13-20(23(24,25)26)21(30-22)28-18-6-5-7-19(12-18)31-15(3)4/h5-15H,1-4H3,(H2,27,28,29,30). The molecule has 0 aliphatic carbocycles. The molecule has 0 aliphatic rings. The van der Waals surface area contributed by atoms with E-state index in [4.69, 9.17) is 4.74 Å². The third kappa shape index (κ3) is 6.10. The summed E-state index contributed by atoms with van der Waals surface area (Å²) in [6.45, 7) is 7.91. The van der Waals surface area contributed by atoms with Gasteiger partial charge in [-0.25, -0.2) is 4.98 Å². The van der Waals surface area contributed by atoms with E-state index in [1.54, 1.807) is 24.3 Å². The zero-order valence-corrected chi connectivity index (χ0v) is 17.8. The molecule has 3 rings (SSSR count). The largest absolute Gasteiger partial charge is 0.491 e. The van der Waals surface area contributed by atoms with Crippen LogP contribution in [0, 0.1) is 0 Å². The second-order valence-electron chi connectivity index (χ2n) is 7.67. The highest BCUT2D eigenvalue weighted by atomic mass is 19.4. The van der Waals surface area contributed by atoms with Crippen molar-refractivity contribution < 1.29 is 17.9 Å². The van der Waals surface area contributed by atoms with Gasteiger partial charge in [-0.3, -0.25) is 0 Å². The summed E-state index contributed by atoms with van der Waals surface area (Å²) in [5, 5.41) is 5.71. The fourth-order valence-corrected chi connectivity index (χ4v) is 2.88. The van der Waals surface area contributed by atoms with Crippen LogP contribution >= 0.6 is 0 Å². The van der Waals surface area contributed by atoms with Gasteiger partial charge < -0.3 is 15.4 Å². The van der Waals surface area contributed by atoms with Crippen LogP contribution in [0.15, 0.2) is 54.7 Å². The van der Waals surface area contributed by atoms with Gasteiger partial charge in [0.25, 0.3) is 0 Å². The van der Waals surface area contributed by atoms with E-state index in [1.807, 2.05) is 38.1 Å². The monoisotopic (exact) mass is 430 g/mol. The van der Waals surface area contributed by atoms with E-state index in [-0.39, 0.29) is 17.9 Å². The maximum Gasteiger partial charge on any atom is 0.421 e. The molecule has 0 atom stereocenters. The lowest BCUT2D eigenvalue weighted by Crippen LogP contribution is -2.12. The molecule has 0 radical (unpaired) electrons. The molecule has 3 aromatic rings. The number of halogens is 3. The number of benzene rings is 2. The Bertz CT molecular complexity index is 1020. The predicted octanol–water partition coefficient (Wildman–Crippen LogP) is 6.89. The number of nitrogens with zero attached hydrogens (tertiary/aromatic N) is 2. The second-order valence-corrected chi connectivity index (χ2v) is 7.67. The van der Waals surface area contributed by atoms with Crippen molar-refractivity contribution in [3.8, 4) is 5.75 Å². The van der Waals surface area contributed by atoms with Crippen molar-refractivity contribution in [2.45, 2.75) is 45.9 Å². The normalized spacial score (nSPS) is 11.6. The van der Waals surface area contributed by atoms with Crippen molar-refractivity contribution >= 4 is 23.1 Å². The molecule has 0 unspecified atom stereocenters. The first-order chi connectivity index (χ1) is 14.6. The van der Waals surface area contributed by atoms with Gasteiger partial charge in [0.1, 0.15) is 17.1 Å². The Kier molecular flexibility index (Phi) is 6.68. The molecular weight excluding hydrogens is 405 g/mol. The highest BCUT2D eigenvalue weighted by Gasteiger charge is 2.35. The van der Waals surface area contributed by atoms with Gasteiger partial charge >= 0.3 is 6.18 Å². The molecule has 2 aromatic carbocycles. The Labute approximate surface area is 179 Å². The van der Waals surface area contributed by atoms with Gasteiger partial charge in [-0.2, -0.15) is 18.2 Å². The summed E-state index contributed by atoms with van der Waals surface area (Å²) in [5.41, 5.74) is 1.31. The molecule has 31 heavy (non-hydrogen) atoms.